The van der Waals surface area contributed by atoms with Crippen LogP contribution >= 0.6 is 0 Å². The molecule has 2 saturated carbocycles. The molecule has 18 heavy (non-hydrogen) atoms. The number of nitrogens with one attached hydrogen (secondary N) is 1. The first-order chi connectivity index (χ1) is 8.84. The van der Waals surface area contributed by atoms with Gasteiger partial charge in [-0.25, -0.2) is 0 Å². The van der Waals surface area contributed by atoms with E-state index in [0.717, 1.165) is 12.0 Å². The van der Waals surface area contributed by atoms with Crippen molar-refractivity contribution in [2.24, 2.45) is 5.92 Å². The molecule has 0 aromatic carbocycles. The Morgan fingerprint density at radius 2 is 2.00 bits per heavy atom. The molecule has 104 valence electrons. The van der Waals surface area contributed by atoms with Crippen LogP contribution in [0.3, 0.4) is 0 Å². The Labute approximate surface area is 113 Å². The fourth-order valence-electron chi connectivity index (χ4n) is 4.81. The van der Waals surface area contributed by atoms with E-state index in [0.29, 0.717) is 5.54 Å². The van der Waals surface area contributed by atoms with Gasteiger partial charge in [-0.1, -0.05) is 32.6 Å². The van der Waals surface area contributed by atoms with E-state index in [-0.39, 0.29) is 0 Å². The van der Waals surface area contributed by atoms with E-state index in [9.17, 15) is 0 Å². The molecule has 2 atom stereocenters. The van der Waals surface area contributed by atoms with Gasteiger partial charge in [0.2, 0.25) is 0 Å². The monoisotopic (exact) mass is 250 g/mol. The molecule has 1 spiro atoms. The van der Waals surface area contributed by atoms with Crippen LogP contribution in [-0.2, 0) is 0 Å². The molecule has 1 saturated heterocycles. The second-order valence-corrected chi connectivity index (χ2v) is 6.90. The number of hydrogen-bond acceptors (Lipinski definition) is 2. The number of piperazine rings is 1. The summed E-state index contributed by atoms with van der Waals surface area (Å²) in [7, 11) is 0. The molecule has 3 aliphatic rings. The van der Waals surface area contributed by atoms with Gasteiger partial charge in [-0.05, 0) is 38.0 Å². The van der Waals surface area contributed by atoms with Gasteiger partial charge in [0, 0.05) is 31.2 Å². The Morgan fingerprint density at radius 1 is 1.17 bits per heavy atom. The number of nitrogens with zero attached hydrogens (tertiary/aromatic N) is 1. The molecular formula is C16H30N2. The van der Waals surface area contributed by atoms with Crippen molar-refractivity contribution in [3.05, 3.63) is 0 Å². The lowest BCUT2D eigenvalue weighted by Gasteiger charge is -2.52. The van der Waals surface area contributed by atoms with Crippen molar-refractivity contribution >= 4 is 0 Å². The summed E-state index contributed by atoms with van der Waals surface area (Å²) in [6.45, 7) is 6.16. The second-order valence-electron chi connectivity index (χ2n) is 6.90. The van der Waals surface area contributed by atoms with Crippen LogP contribution in [0.1, 0.15) is 64.7 Å². The van der Waals surface area contributed by atoms with Gasteiger partial charge in [0.15, 0.2) is 0 Å². The third kappa shape index (κ3) is 2.34. The maximum Gasteiger partial charge on any atom is 0.0337 e. The van der Waals surface area contributed by atoms with Gasteiger partial charge < -0.3 is 5.32 Å². The summed E-state index contributed by atoms with van der Waals surface area (Å²) in [6.07, 6.45) is 13.1. The van der Waals surface area contributed by atoms with Gasteiger partial charge in [0.05, 0.1) is 0 Å². The predicted octanol–water partition coefficient (Wildman–Crippen LogP) is 3.17. The Morgan fingerprint density at radius 3 is 2.72 bits per heavy atom. The van der Waals surface area contributed by atoms with Crippen LogP contribution in [0.25, 0.3) is 0 Å². The average Bonchev–Trinajstić information content (AvgIpc) is 2.89. The minimum absolute atomic E-state index is 0.545. The topological polar surface area (TPSA) is 15.3 Å². The molecule has 0 radical (unpaired) electrons. The van der Waals surface area contributed by atoms with E-state index < -0.39 is 0 Å². The first kappa shape index (κ1) is 12.9. The lowest BCUT2D eigenvalue weighted by Crippen LogP contribution is -2.64. The Bertz CT molecular complexity index is 262. The highest BCUT2D eigenvalue weighted by Gasteiger charge is 2.44. The Hall–Kier alpha value is -0.0800. The van der Waals surface area contributed by atoms with Crippen LogP contribution in [0, 0.1) is 5.92 Å². The van der Waals surface area contributed by atoms with Gasteiger partial charge in [-0.2, -0.15) is 0 Å². The van der Waals surface area contributed by atoms with Crippen LogP contribution in [0.4, 0.5) is 0 Å². The number of hydrogen-bond donors (Lipinski definition) is 1. The lowest BCUT2D eigenvalue weighted by atomic mass is 9.78. The van der Waals surface area contributed by atoms with Gasteiger partial charge >= 0.3 is 0 Å². The standard InChI is InChI=1S/C16H30N2/c1-2-14-6-7-15(12-14)18-11-10-17-13-16(18)8-4-3-5-9-16/h14-15,17H,2-13H2,1H3. The van der Waals surface area contributed by atoms with Crippen molar-refractivity contribution in [1.82, 2.24) is 10.2 Å². The lowest BCUT2D eigenvalue weighted by molar-refractivity contribution is -0.00652. The first-order valence-electron chi connectivity index (χ1n) is 8.31. The maximum atomic E-state index is 3.68. The fourth-order valence-corrected chi connectivity index (χ4v) is 4.81. The molecule has 1 N–H and O–H groups in total. The summed E-state index contributed by atoms with van der Waals surface area (Å²) < 4.78 is 0. The molecule has 1 heterocycles. The second kappa shape index (κ2) is 5.50. The molecule has 2 aliphatic carbocycles. The number of rotatable bonds is 2. The minimum atomic E-state index is 0.545. The summed E-state index contributed by atoms with van der Waals surface area (Å²) in [4.78, 5) is 2.96. The van der Waals surface area contributed by atoms with Crippen molar-refractivity contribution in [3.8, 4) is 0 Å². The average molecular weight is 250 g/mol. The van der Waals surface area contributed by atoms with Crippen LogP contribution in [0.15, 0.2) is 0 Å². The summed E-state index contributed by atoms with van der Waals surface area (Å²) in [5.74, 6) is 1.02. The third-order valence-corrected chi connectivity index (χ3v) is 5.91. The zero-order valence-electron chi connectivity index (χ0n) is 12.1. The third-order valence-electron chi connectivity index (χ3n) is 5.91. The van der Waals surface area contributed by atoms with Crippen LogP contribution in [0.2, 0.25) is 0 Å². The molecular weight excluding hydrogens is 220 g/mol. The zero-order valence-corrected chi connectivity index (χ0v) is 12.1. The highest BCUT2D eigenvalue weighted by Crippen LogP contribution is 2.41. The van der Waals surface area contributed by atoms with E-state index >= 15 is 0 Å². The van der Waals surface area contributed by atoms with Crippen molar-refractivity contribution in [3.63, 3.8) is 0 Å². The minimum Gasteiger partial charge on any atom is -0.314 e. The fraction of sp³-hybridized carbons (Fsp3) is 1.00. The quantitative estimate of drug-likeness (QED) is 0.810. The van der Waals surface area contributed by atoms with E-state index in [2.05, 4.69) is 17.1 Å². The van der Waals surface area contributed by atoms with Crippen LogP contribution < -0.4 is 5.32 Å². The van der Waals surface area contributed by atoms with Crippen molar-refractivity contribution in [2.75, 3.05) is 19.6 Å². The van der Waals surface area contributed by atoms with Gasteiger partial charge in [0.25, 0.3) is 0 Å². The molecule has 2 heteroatoms. The summed E-state index contributed by atoms with van der Waals surface area (Å²) in [5, 5.41) is 3.68. The van der Waals surface area contributed by atoms with Crippen molar-refractivity contribution in [2.45, 2.75) is 76.3 Å². The highest BCUT2D eigenvalue weighted by molar-refractivity contribution is 5.01. The normalized spacial score (nSPS) is 37.2. The summed E-state index contributed by atoms with van der Waals surface area (Å²) >= 11 is 0. The smallest absolute Gasteiger partial charge is 0.0337 e. The molecule has 0 aromatic rings. The van der Waals surface area contributed by atoms with Crippen LogP contribution in [-0.4, -0.2) is 36.1 Å². The molecule has 0 bridgehead atoms. The molecule has 3 rings (SSSR count). The zero-order chi connectivity index (χ0) is 12.4. The molecule has 1 aliphatic heterocycles. The van der Waals surface area contributed by atoms with Gasteiger partial charge in [-0.3, -0.25) is 4.90 Å². The van der Waals surface area contributed by atoms with E-state index in [1.807, 2.05) is 0 Å². The van der Waals surface area contributed by atoms with E-state index in [1.54, 1.807) is 0 Å². The molecule has 2 unspecified atom stereocenters. The highest BCUT2D eigenvalue weighted by atomic mass is 15.3. The van der Waals surface area contributed by atoms with E-state index in [1.165, 1.54) is 77.4 Å². The molecule has 0 amide bonds. The van der Waals surface area contributed by atoms with Crippen molar-refractivity contribution < 1.29 is 0 Å². The van der Waals surface area contributed by atoms with Crippen LogP contribution in [0.5, 0.6) is 0 Å². The summed E-state index contributed by atoms with van der Waals surface area (Å²) in [6, 6.07) is 0.912. The summed E-state index contributed by atoms with van der Waals surface area (Å²) in [5.41, 5.74) is 0.545. The van der Waals surface area contributed by atoms with Gasteiger partial charge in [-0.15, -0.1) is 0 Å². The largest absolute Gasteiger partial charge is 0.314 e. The molecule has 0 aromatic heterocycles. The predicted molar refractivity (Wildman–Crippen MR) is 76.8 cm³/mol. The SMILES string of the molecule is CCC1CCC(N2CCNCC23CCCCC3)C1. The van der Waals surface area contributed by atoms with Crippen molar-refractivity contribution in [1.29, 1.82) is 0 Å². The Kier molecular flexibility index (Phi) is 3.95. The first-order valence-corrected chi connectivity index (χ1v) is 8.31. The Balaban J connectivity index is 1.71. The maximum absolute atomic E-state index is 3.68. The molecule has 3 fully saturated rings. The van der Waals surface area contributed by atoms with Gasteiger partial charge in [0.1, 0.15) is 0 Å². The molecule has 2 nitrogen and oxygen atoms in total. The van der Waals surface area contributed by atoms with E-state index in [4.69, 9.17) is 0 Å².